The highest BCUT2D eigenvalue weighted by Gasteiger charge is 2.09. The first-order valence-electron chi connectivity index (χ1n) is 7.30. The van der Waals surface area contributed by atoms with E-state index in [0.29, 0.717) is 25.9 Å². The van der Waals surface area contributed by atoms with Crippen molar-refractivity contribution in [3.63, 3.8) is 0 Å². The molecule has 2 atom stereocenters. The summed E-state index contributed by atoms with van der Waals surface area (Å²) in [6.45, 7) is 0.930. The molecule has 0 fully saturated rings. The number of hydrogen-bond acceptors (Lipinski definition) is 8. The van der Waals surface area contributed by atoms with Gasteiger partial charge < -0.3 is 43.4 Å². The first-order valence-corrected chi connectivity index (χ1v) is 7.30. The zero-order chi connectivity index (χ0) is 20.4. The van der Waals surface area contributed by atoms with Crippen molar-refractivity contribution in [3.05, 3.63) is 0 Å². The highest BCUT2D eigenvalue weighted by Crippen LogP contribution is 1.96. The van der Waals surface area contributed by atoms with E-state index in [0.717, 1.165) is 12.8 Å². The predicted molar refractivity (Wildman–Crippen MR) is 87.7 cm³/mol. The average Bonchev–Trinajstić information content (AvgIpc) is 2.47. The normalized spacial score (nSPS) is 11.7. The summed E-state index contributed by atoms with van der Waals surface area (Å²) in [6, 6.07) is -1.51. The molecule has 0 saturated heterocycles. The van der Waals surface area contributed by atoms with Crippen LogP contribution in [0.25, 0.3) is 0 Å². The van der Waals surface area contributed by atoms with E-state index in [9.17, 15) is 19.2 Å². The van der Waals surface area contributed by atoms with Crippen LogP contribution in [0.2, 0.25) is 0 Å². The van der Waals surface area contributed by atoms with Crippen LogP contribution < -0.4 is 22.9 Å². The molecule has 1 unspecified atom stereocenters. The molecule has 0 spiro atoms. The zero-order valence-corrected chi connectivity index (χ0v) is 13.8. The first kappa shape index (κ1) is 27.6. The highest BCUT2D eigenvalue weighted by atomic mass is 16.4. The largest absolute Gasteiger partial charge is 0.481 e. The van der Waals surface area contributed by atoms with Gasteiger partial charge in [-0.15, -0.1) is 0 Å². The lowest BCUT2D eigenvalue weighted by atomic mass is 10.1. The SMILES string of the molecule is NCCC(N)C(=O)O.NCCCC[C@H](N)C(=O)O.O=C(O)CC(=O)O. The number of nitrogens with two attached hydrogens (primary N) is 4. The van der Waals surface area contributed by atoms with Gasteiger partial charge in [-0.2, -0.15) is 0 Å². The Morgan fingerprint density at radius 3 is 1.28 bits per heavy atom. The molecule has 0 aromatic rings. The molecule has 0 radical (unpaired) electrons. The van der Waals surface area contributed by atoms with Crippen molar-refractivity contribution in [2.45, 2.75) is 44.2 Å². The van der Waals surface area contributed by atoms with Crippen molar-refractivity contribution in [3.8, 4) is 0 Å². The second-order valence-electron chi connectivity index (χ2n) is 4.72. The Balaban J connectivity index is -0.000000296. The van der Waals surface area contributed by atoms with Gasteiger partial charge in [-0.05, 0) is 32.4 Å². The third-order valence-electron chi connectivity index (χ3n) is 2.38. The van der Waals surface area contributed by atoms with Crippen LogP contribution >= 0.6 is 0 Å². The lowest BCUT2D eigenvalue weighted by Gasteiger charge is -2.03. The Bertz CT molecular complexity index is 393. The average molecular weight is 368 g/mol. The maximum Gasteiger partial charge on any atom is 0.320 e. The quantitative estimate of drug-likeness (QED) is 0.151. The van der Waals surface area contributed by atoms with Crippen molar-refractivity contribution in [2.24, 2.45) is 22.9 Å². The predicted octanol–water partition coefficient (Wildman–Crippen LogP) is -2.18. The maximum atomic E-state index is 10.1. The molecule has 0 amide bonds. The number of carbonyl (C=O) groups is 4. The number of carboxylic acids is 4. The summed E-state index contributed by atoms with van der Waals surface area (Å²) in [5.74, 6) is -4.55. The Labute approximate surface area is 144 Å². The molecule has 0 saturated carbocycles. The summed E-state index contributed by atoms with van der Waals surface area (Å²) >= 11 is 0. The summed E-state index contributed by atoms with van der Waals surface area (Å²) in [6.07, 6.45) is 1.70. The van der Waals surface area contributed by atoms with Crippen molar-refractivity contribution in [1.29, 1.82) is 0 Å². The van der Waals surface area contributed by atoms with Crippen LogP contribution in [0.5, 0.6) is 0 Å². The zero-order valence-electron chi connectivity index (χ0n) is 13.8. The van der Waals surface area contributed by atoms with E-state index in [1.165, 1.54) is 0 Å². The third-order valence-corrected chi connectivity index (χ3v) is 2.38. The van der Waals surface area contributed by atoms with E-state index in [1.807, 2.05) is 0 Å². The number of aliphatic carboxylic acids is 4. The van der Waals surface area contributed by atoms with Gasteiger partial charge in [0.05, 0.1) is 0 Å². The molecule has 0 rings (SSSR count). The topological polar surface area (TPSA) is 253 Å². The van der Waals surface area contributed by atoms with Crippen molar-refractivity contribution >= 4 is 23.9 Å². The highest BCUT2D eigenvalue weighted by molar-refractivity contribution is 5.88. The van der Waals surface area contributed by atoms with E-state index in [4.69, 9.17) is 43.4 Å². The molecule has 0 bridgehead atoms. The fourth-order valence-corrected chi connectivity index (χ4v) is 1.06. The van der Waals surface area contributed by atoms with E-state index in [1.54, 1.807) is 0 Å². The molecule has 0 heterocycles. The van der Waals surface area contributed by atoms with Crippen molar-refractivity contribution in [2.75, 3.05) is 13.1 Å². The molecule has 12 heteroatoms. The van der Waals surface area contributed by atoms with Crippen LogP contribution in [0.15, 0.2) is 0 Å². The first-order chi connectivity index (χ1) is 11.5. The Hall–Kier alpha value is -2.28. The third kappa shape index (κ3) is 26.9. The molecule has 12 N–H and O–H groups in total. The molecule has 25 heavy (non-hydrogen) atoms. The van der Waals surface area contributed by atoms with Crippen LogP contribution in [-0.2, 0) is 19.2 Å². The van der Waals surface area contributed by atoms with Crippen LogP contribution in [0.3, 0.4) is 0 Å². The fourth-order valence-electron chi connectivity index (χ4n) is 1.06. The monoisotopic (exact) mass is 368 g/mol. The van der Waals surface area contributed by atoms with Gasteiger partial charge >= 0.3 is 23.9 Å². The van der Waals surface area contributed by atoms with Gasteiger partial charge in [-0.1, -0.05) is 6.42 Å². The number of unbranched alkanes of at least 4 members (excludes halogenated alkanes) is 1. The van der Waals surface area contributed by atoms with Gasteiger partial charge in [-0.3, -0.25) is 19.2 Å². The van der Waals surface area contributed by atoms with Crippen LogP contribution in [0.4, 0.5) is 0 Å². The smallest absolute Gasteiger partial charge is 0.320 e. The Kier molecular flexibility index (Phi) is 19.9. The number of rotatable bonds is 10. The molecule has 148 valence electrons. The Morgan fingerprint density at radius 2 is 1.08 bits per heavy atom. The molecule has 0 aromatic carbocycles. The van der Waals surface area contributed by atoms with E-state index in [2.05, 4.69) is 0 Å². The molecular formula is C13H28N4O8. The molecule has 12 nitrogen and oxygen atoms in total. The van der Waals surface area contributed by atoms with Gasteiger partial charge in [0, 0.05) is 0 Å². The van der Waals surface area contributed by atoms with E-state index in [-0.39, 0.29) is 0 Å². The van der Waals surface area contributed by atoms with Gasteiger partial charge in [0.25, 0.3) is 0 Å². The summed E-state index contributed by atoms with van der Waals surface area (Å²) in [7, 11) is 0. The number of carboxylic acid groups (broad SMARTS) is 4. The minimum absolute atomic E-state index is 0.327. The maximum absolute atomic E-state index is 10.1. The number of hydrogen-bond donors (Lipinski definition) is 8. The molecule has 0 aliphatic carbocycles. The fraction of sp³-hybridized carbons (Fsp3) is 0.692. The second kappa shape index (κ2) is 18.1. The second-order valence-corrected chi connectivity index (χ2v) is 4.72. The van der Waals surface area contributed by atoms with Gasteiger partial charge in [-0.25, -0.2) is 0 Å². The van der Waals surface area contributed by atoms with Crippen LogP contribution in [0, 0.1) is 0 Å². The van der Waals surface area contributed by atoms with Crippen molar-refractivity contribution in [1.82, 2.24) is 0 Å². The van der Waals surface area contributed by atoms with Crippen LogP contribution in [-0.4, -0.2) is 69.5 Å². The summed E-state index contributed by atoms with van der Waals surface area (Å²) in [4.78, 5) is 38.9. The van der Waals surface area contributed by atoms with Crippen LogP contribution in [0.1, 0.15) is 32.1 Å². The van der Waals surface area contributed by atoms with E-state index < -0.39 is 42.4 Å². The standard InChI is InChI=1S/C6H14N2O2.C4H10N2O2.C3H4O4/c7-4-2-1-3-5(8)6(9)10;5-2-1-3(6)4(7)8;4-2(5)1-3(6)7/h5H,1-4,7-8H2,(H,9,10);3H,1-2,5-6H2,(H,7,8);1H2,(H,4,5)(H,6,7)/t5-;;/m0../s1. The summed E-state index contributed by atoms with van der Waals surface area (Å²) < 4.78 is 0. The summed E-state index contributed by atoms with van der Waals surface area (Å²) in [5.41, 5.74) is 20.5. The Morgan fingerprint density at radius 1 is 0.680 bits per heavy atom. The molecule has 0 aromatic heterocycles. The van der Waals surface area contributed by atoms with E-state index >= 15 is 0 Å². The van der Waals surface area contributed by atoms with Crippen molar-refractivity contribution < 1.29 is 39.6 Å². The minimum Gasteiger partial charge on any atom is -0.481 e. The van der Waals surface area contributed by atoms with Gasteiger partial charge in [0.1, 0.15) is 18.5 Å². The minimum atomic E-state index is -1.31. The summed E-state index contributed by atoms with van der Waals surface area (Å²) in [5, 5.41) is 31.9. The molecule has 0 aliphatic heterocycles. The molecular weight excluding hydrogens is 340 g/mol. The van der Waals surface area contributed by atoms with Gasteiger partial charge in [0.15, 0.2) is 0 Å². The molecule has 0 aliphatic rings. The lowest BCUT2D eigenvalue weighted by molar-refractivity contribution is -0.147. The lowest BCUT2D eigenvalue weighted by Crippen LogP contribution is -2.32. The van der Waals surface area contributed by atoms with Gasteiger partial charge in [0.2, 0.25) is 0 Å².